The van der Waals surface area contributed by atoms with Crippen molar-refractivity contribution in [2.45, 2.75) is 45.7 Å². The van der Waals surface area contributed by atoms with Crippen LogP contribution in [0, 0.1) is 5.92 Å². The molecule has 0 fully saturated rings. The Morgan fingerprint density at radius 1 is 0.966 bits per heavy atom. The van der Waals surface area contributed by atoms with Crippen molar-refractivity contribution in [3.05, 3.63) is 77.2 Å². The van der Waals surface area contributed by atoms with Gasteiger partial charge in [-0.2, -0.15) is 4.72 Å². The highest BCUT2D eigenvalue weighted by atomic mass is 32.2. The molecule has 0 spiro atoms. The van der Waals surface area contributed by atoms with Crippen molar-refractivity contribution in [1.29, 1.82) is 0 Å². The summed E-state index contributed by atoms with van der Waals surface area (Å²) >= 11 is 0. The number of sulfonamides is 1. The predicted octanol–water partition coefficient (Wildman–Crippen LogP) is 3.74. The molecule has 0 heterocycles. The van der Waals surface area contributed by atoms with Crippen LogP contribution in [0.3, 0.4) is 0 Å². The van der Waals surface area contributed by atoms with E-state index >= 15 is 0 Å². The maximum Gasteiger partial charge on any atom is 0.238 e. The normalized spacial score (nSPS) is 14.1. The van der Waals surface area contributed by atoms with Crippen molar-refractivity contribution in [3.63, 3.8) is 0 Å². The third-order valence-electron chi connectivity index (χ3n) is 4.58. The standard InChI is InChI=1S/C23H30N2O3S/c1-18(2)22(25-29(27,28)17-16-21-12-8-5-9-13-21)23(26)24-19(3)14-15-20-10-6-4-7-11-20/h4-13,16-19,22,25H,14-15H2,1-3H3,(H,24,26)/b17-16-/t19-,22+/m1/s1. The van der Waals surface area contributed by atoms with Gasteiger partial charge in [-0.1, -0.05) is 74.5 Å². The van der Waals surface area contributed by atoms with Crippen LogP contribution >= 0.6 is 0 Å². The number of nitrogens with one attached hydrogen (secondary N) is 2. The van der Waals surface area contributed by atoms with Crippen molar-refractivity contribution >= 4 is 22.0 Å². The molecule has 0 radical (unpaired) electrons. The number of rotatable bonds is 10. The van der Waals surface area contributed by atoms with Gasteiger partial charge < -0.3 is 5.32 Å². The van der Waals surface area contributed by atoms with Gasteiger partial charge in [0.2, 0.25) is 15.9 Å². The Labute approximate surface area is 174 Å². The third kappa shape index (κ3) is 8.21. The summed E-state index contributed by atoms with van der Waals surface area (Å²) in [6.07, 6.45) is 3.14. The molecule has 0 unspecified atom stereocenters. The summed E-state index contributed by atoms with van der Waals surface area (Å²) in [4.78, 5) is 12.7. The largest absolute Gasteiger partial charge is 0.352 e. The Balaban J connectivity index is 1.95. The smallest absolute Gasteiger partial charge is 0.238 e. The van der Waals surface area contributed by atoms with Crippen molar-refractivity contribution in [3.8, 4) is 0 Å². The maximum absolute atomic E-state index is 12.7. The zero-order chi connectivity index (χ0) is 21.3. The quantitative estimate of drug-likeness (QED) is 0.622. The maximum atomic E-state index is 12.7. The second kappa shape index (κ2) is 10.9. The first kappa shape index (κ1) is 22.8. The first-order valence-electron chi connectivity index (χ1n) is 9.86. The van der Waals surface area contributed by atoms with Crippen molar-refractivity contribution < 1.29 is 13.2 Å². The van der Waals surface area contributed by atoms with Crippen LogP contribution in [0.5, 0.6) is 0 Å². The van der Waals surface area contributed by atoms with Gasteiger partial charge in [0.1, 0.15) is 6.04 Å². The van der Waals surface area contributed by atoms with Crippen LogP contribution in [0.15, 0.2) is 66.1 Å². The van der Waals surface area contributed by atoms with Gasteiger partial charge in [0.05, 0.1) is 0 Å². The summed E-state index contributed by atoms with van der Waals surface area (Å²) in [5, 5.41) is 4.04. The van der Waals surface area contributed by atoms with Crippen molar-refractivity contribution in [2.75, 3.05) is 0 Å². The van der Waals surface area contributed by atoms with Gasteiger partial charge in [0, 0.05) is 11.4 Å². The van der Waals surface area contributed by atoms with E-state index in [4.69, 9.17) is 0 Å². The summed E-state index contributed by atoms with van der Waals surface area (Å²) in [5.74, 6) is -0.492. The van der Waals surface area contributed by atoms with Crippen molar-refractivity contribution in [1.82, 2.24) is 10.0 Å². The van der Waals surface area contributed by atoms with E-state index in [1.165, 1.54) is 11.6 Å². The lowest BCUT2D eigenvalue weighted by Gasteiger charge is -2.23. The Hall–Kier alpha value is -2.44. The van der Waals surface area contributed by atoms with Gasteiger partial charge in [-0.05, 0) is 42.9 Å². The Bertz CT molecular complexity index is 894. The number of carbonyl (C=O) groups is 1. The first-order chi connectivity index (χ1) is 13.8. The van der Waals surface area contributed by atoms with Gasteiger partial charge in [-0.25, -0.2) is 8.42 Å². The monoisotopic (exact) mass is 414 g/mol. The number of carbonyl (C=O) groups excluding carboxylic acids is 1. The minimum Gasteiger partial charge on any atom is -0.352 e. The number of hydrogen-bond donors (Lipinski definition) is 2. The topological polar surface area (TPSA) is 75.3 Å². The molecule has 0 aliphatic rings. The second-order valence-electron chi connectivity index (χ2n) is 7.53. The number of amides is 1. The summed E-state index contributed by atoms with van der Waals surface area (Å²) in [5.41, 5.74) is 1.98. The van der Waals surface area contributed by atoms with E-state index in [0.29, 0.717) is 0 Å². The molecule has 2 aromatic rings. The van der Waals surface area contributed by atoms with Crippen LogP contribution in [-0.4, -0.2) is 26.4 Å². The molecule has 5 nitrogen and oxygen atoms in total. The molecule has 29 heavy (non-hydrogen) atoms. The van der Waals surface area contributed by atoms with E-state index in [9.17, 15) is 13.2 Å². The summed E-state index contributed by atoms with van der Waals surface area (Å²) in [6, 6.07) is 18.3. The van der Waals surface area contributed by atoms with E-state index in [1.807, 2.05) is 69.3 Å². The molecule has 6 heteroatoms. The van der Waals surface area contributed by atoms with Crippen LogP contribution < -0.4 is 10.0 Å². The molecule has 2 N–H and O–H groups in total. The average molecular weight is 415 g/mol. The highest BCUT2D eigenvalue weighted by molar-refractivity contribution is 7.92. The molecule has 0 aliphatic heterocycles. The van der Waals surface area contributed by atoms with E-state index in [0.717, 1.165) is 23.8 Å². The SMILES string of the molecule is CC(C)[C@H](NS(=O)(=O)/C=C\c1ccccc1)C(=O)N[C@H](C)CCc1ccccc1. The number of aryl methyl sites for hydroxylation is 1. The molecule has 0 saturated carbocycles. The lowest BCUT2D eigenvalue weighted by atomic mass is 10.0. The zero-order valence-electron chi connectivity index (χ0n) is 17.2. The Morgan fingerprint density at radius 2 is 1.55 bits per heavy atom. The van der Waals surface area contributed by atoms with E-state index in [2.05, 4.69) is 22.2 Å². The predicted molar refractivity (Wildman–Crippen MR) is 119 cm³/mol. The summed E-state index contributed by atoms with van der Waals surface area (Å²) < 4.78 is 27.4. The highest BCUT2D eigenvalue weighted by Gasteiger charge is 2.27. The first-order valence-corrected chi connectivity index (χ1v) is 11.4. The summed E-state index contributed by atoms with van der Waals surface area (Å²) in [7, 11) is -3.75. The Morgan fingerprint density at radius 3 is 2.14 bits per heavy atom. The van der Waals surface area contributed by atoms with Crippen LogP contribution in [0.25, 0.3) is 6.08 Å². The molecule has 1 amide bonds. The van der Waals surface area contributed by atoms with Crippen LogP contribution in [0.4, 0.5) is 0 Å². The fourth-order valence-corrected chi connectivity index (χ4v) is 4.02. The van der Waals surface area contributed by atoms with E-state index in [1.54, 1.807) is 0 Å². The van der Waals surface area contributed by atoms with E-state index in [-0.39, 0.29) is 17.9 Å². The van der Waals surface area contributed by atoms with Gasteiger partial charge in [0.25, 0.3) is 0 Å². The Kier molecular flexibility index (Phi) is 8.61. The molecule has 156 valence electrons. The fourth-order valence-electron chi connectivity index (χ4n) is 2.87. The molecule has 0 bridgehead atoms. The molecule has 2 rings (SSSR count). The van der Waals surface area contributed by atoms with Gasteiger partial charge in [-0.3, -0.25) is 4.79 Å². The van der Waals surface area contributed by atoms with Gasteiger partial charge >= 0.3 is 0 Å². The lowest BCUT2D eigenvalue weighted by Crippen LogP contribution is -2.51. The second-order valence-corrected chi connectivity index (χ2v) is 9.13. The fraction of sp³-hybridized carbons (Fsp3) is 0.348. The lowest BCUT2D eigenvalue weighted by molar-refractivity contribution is -0.124. The zero-order valence-corrected chi connectivity index (χ0v) is 18.0. The minimum absolute atomic E-state index is 0.0617. The minimum atomic E-state index is -3.75. The molecule has 0 aromatic heterocycles. The molecular formula is C23H30N2O3S. The van der Waals surface area contributed by atoms with Crippen LogP contribution in [0.1, 0.15) is 38.3 Å². The third-order valence-corrected chi connectivity index (χ3v) is 5.65. The molecule has 0 saturated heterocycles. The number of hydrogen-bond acceptors (Lipinski definition) is 3. The highest BCUT2D eigenvalue weighted by Crippen LogP contribution is 2.09. The van der Waals surface area contributed by atoms with Crippen molar-refractivity contribution in [2.24, 2.45) is 5.92 Å². The van der Waals surface area contributed by atoms with Crippen LogP contribution in [-0.2, 0) is 21.2 Å². The summed E-state index contributed by atoms with van der Waals surface area (Å²) in [6.45, 7) is 5.58. The average Bonchev–Trinajstić information content (AvgIpc) is 2.70. The molecule has 2 atom stereocenters. The van der Waals surface area contributed by atoms with Crippen LogP contribution in [0.2, 0.25) is 0 Å². The number of benzene rings is 2. The molecule has 0 aliphatic carbocycles. The van der Waals surface area contributed by atoms with Gasteiger partial charge in [0.15, 0.2) is 0 Å². The van der Waals surface area contributed by atoms with E-state index < -0.39 is 16.1 Å². The molecular weight excluding hydrogens is 384 g/mol. The van der Waals surface area contributed by atoms with Gasteiger partial charge in [-0.15, -0.1) is 0 Å². The molecule has 2 aromatic carbocycles.